The monoisotopic (exact) mass is 371 g/mol. The Morgan fingerprint density at radius 1 is 1.24 bits per heavy atom. The molecule has 7 heteroatoms. The summed E-state index contributed by atoms with van der Waals surface area (Å²) in [5.74, 6) is 0. The Morgan fingerprint density at radius 2 is 1.95 bits per heavy atom. The molecule has 2 rings (SSSR count). The first kappa shape index (κ1) is 16.4. The second kappa shape index (κ2) is 7.36. The summed E-state index contributed by atoms with van der Waals surface area (Å²) in [6, 6.07) is 8.93. The van der Waals surface area contributed by atoms with Crippen LogP contribution in [0, 0.1) is 11.3 Å². The van der Waals surface area contributed by atoms with Crippen molar-refractivity contribution >= 4 is 26.0 Å². The van der Waals surface area contributed by atoms with Gasteiger partial charge in [0.2, 0.25) is 10.0 Å². The topological polar surface area (TPSA) is 64.4 Å². The number of halogens is 1. The van der Waals surface area contributed by atoms with E-state index in [1.807, 2.05) is 6.07 Å². The van der Waals surface area contributed by atoms with Crippen molar-refractivity contribution in [3.63, 3.8) is 0 Å². The van der Waals surface area contributed by atoms with E-state index in [9.17, 15) is 8.42 Å². The van der Waals surface area contributed by atoms with Gasteiger partial charge in [0.25, 0.3) is 0 Å². The number of nitrogens with zero attached hydrogens (tertiary/aromatic N) is 3. The zero-order chi connectivity index (χ0) is 15.3. The molecule has 0 amide bonds. The third kappa shape index (κ3) is 4.27. The largest absolute Gasteiger partial charge is 0.301 e. The van der Waals surface area contributed by atoms with E-state index < -0.39 is 10.0 Å². The van der Waals surface area contributed by atoms with E-state index in [1.54, 1.807) is 18.2 Å². The summed E-state index contributed by atoms with van der Waals surface area (Å²) >= 11 is 3.31. The van der Waals surface area contributed by atoms with Gasteiger partial charge in [0, 0.05) is 37.1 Å². The van der Waals surface area contributed by atoms with Gasteiger partial charge < -0.3 is 4.90 Å². The first-order valence-corrected chi connectivity index (χ1v) is 9.12. The minimum absolute atomic E-state index is 0.329. The van der Waals surface area contributed by atoms with Crippen LogP contribution in [0.15, 0.2) is 33.6 Å². The lowest BCUT2D eigenvalue weighted by molar-refractivity contribution is 0.187. The maximum atomic E-state index is 12.5. The first-order chi connectivity index (χ1) is 10.0. The third-order valence-corrected chi connectivity index (χ3v) is 5.92. The predicted molar refractivity (Wildman–Crippen MR) is 84.2 cm³/mol. The van der Waals surface area contributed by atoms with E-state index in [-0.39, 0.29) is 0 Å². The SMILES string of the molecule is N#CCCCN1CCN(S(=O)(=O)c2cccc(Br)c2)CC1. The van der Waals surface area contributed by atoms with Crippen molar-refractivity contribution in [1.29, 1.82) is 5.26 Å². The molecule has 0 radical (unpaired) electrons. The van der Waals surface area contributed by atoms with Crippen LogP contribution < -0.4 is 0 Å². The molecule has 0 spiro atoms. The summed E-state index contributed by atoms with van der Waals surface area (Å²) < 4.78 is 27.4. The van der Waals surface area contributed by atoms with Crippen LogP contribution in [0.2, 0.25) is 0 Å². The van der Waals surface area contributed by atoms with E-state index in [2.05, 4.69) is 26.9 Å². The minimum Gasteiger partial charge on any atom is -0.301 e. The molecule has 1 aliphatic heterocycles. The first-order valence-electron chi connectivity index (χ1n) is 6.89. The summed E-state index contributed by atoms with van der Waals surface area (Å²) in [6.45, 7) is 3.30. The van der Waals surface area contributed by atoms with Crippen LogP contribution in [-0.2, 0) is 10.0 Å². The summed E-state index contributed by atoms with van der Waals surface area (Å²) in [7, 11) is -3.41. The van der Waals surface area contributed by atoms with Crippen LogP contribution in [0.1, 0.15) is 12.8 Å². The Kier molecular flexibility index (Phi) is 5.76. The van der Waals surface area contributed by atoms with Crippen molar-refractivity contribution in [2.24, 2.45) is 0 Å². The number of unbranched alkanes of at least 4 members (excludes halogenated alkanes) is 1. The molecule has 0 bridgehead atoms. The van der Waals surface area contributed by atoms with Crippen molar-refractivity contribution in [1.82, 2.24) is 9.21 Å². The molecule has 0 saturated carbocycles. The van der Waals surface area contributed by atoms with Gasteiger partial charge in [-0.05, 0) is 31.2 Å². The molecule has 1 aromatic rings. The Bertz CT molecular complexity index is 619. The predicted octanol–water partition coefficient (Wildman–Crippen LogP) is 2.06. The molecule has 1 heterocycles. The maximum absolute atomic E-state index is 12.5. The average molecular weight is 372 g/mol. The Balaban J connectivity index is 1.97. The fourth-order valence-corrected chi connectivity index (χ4v) is 4.37. The zero-order valence-electron chi connectivity index (χ0n) is 11.7. The molecule has 1 aromatic carbocycles. The Morgan fingerprint density at radius 3 is 2.57 bits per heavy atom. The van der Waals surface area contributed by atoms with E-state index in [0.29, 0.717) is 24.4 Å². The van der Waals surface area contributed by atoms with Gasteiger partial charge >= 0.3 is 0 Å². The van der Waals surface area contributed by atoms with Crippen LogP contribution in [0.5, 0.6) is 0 Å². The molecular weight excluding hydrogens is 354 g/mol. The van der Waals surface area contributed by atoms with Gasteiger partial charge in [-0.1, -0.05) is 22.0 Å². The molecule has 21 heavy (non-hydrogen) atoms. The standard InChI is InChI=1S/C14H18BrN3O2S/c15-13-4-3-5-14(12-13)21(19,20)18-10-8-17(9-11-18)7-2-1-6-16/h3-5,12H,1-2,7-11H2. The molecule has 1 fully saturated rings. The van der Waals surface area contributed by atoms with Gasteiger partial charge in [-0.2, -0.15) is 9.57 Å². The Labute approximate surface area is 134 Å². The van der Waals surface area contributed by atoms with E-state index in [4.69, 9.17) is 5.26 Å². The molecule has 0 aliphatic carbocycles. The van der Waals surface area contributed by atoms with Crippen LogP contribution in [-0.4, -0.2) is 50.3 Å². The van der Waals surface area contributed by atoms with E-state index in [1.165, 1.54) is 4.31 Å². The van der Waals surface area contributed by atoms with Gasteiger partial charge in [0.05, 0.1) is 11.0 Å². The number of nitriles is 1. The number of sulfonamides is 1. The highest BCUT2D eigenvalue weighted by Crippen LogP contribution is 2.21. The van der Waals surface area contributed by atoms with E-state index in [0.717, 1.165) is 30.5 Å². The van der Waals surface area contributed by atoms with Gasteiger partial charge in [0.1, 0.15) is 0 Å². The summed E-state index contributed by atoms with van der Waals surface area (Å²) in [5, 5.41) is 8.53. The second-order valence-electron chi connectivity index (χ2n) is 4.96. The van der Waals surface area contributed by atoms with Gasteiger partial charge in [-0.3, -0.25) is 0 Å². The summed E-state index contributed by atoms with van der Waals surface area (Å²) in [6.07, 6.45) is 1.39. The third-order valence-electron chi connectivity index (χ3n) is 3.53. The number of rotatable bonds is 5. The van der Waals surface area contributed by atoms with Crippen LogP contribution >= 0.6 is 15.9 Å². The second-order valence-corrected chi connectivity index (χ2v) is 7.82. The van der Waals surface area contributed by atoms with Crippen molar-refractivity contribution in [2.75, 3.05) is 32.7 Å². The summed E-state index contributed by atoms with van der Waals surface area (Å²) in [4.78, 5) is 2.54. The van der Waals surface area contributed by atoms with E-state index >= 15 is 0 Å². The zero-order valence-corrected chi connectivity index (χ0v) is 14.1. The minimum atomic E-state index is -3.41. The number of piperazine rings is 1. The number of hydrogen-bond donors (Lipinski definition) is 0. The van der Waals surface area contributed by atoms with Crippen LogP contribution in [0.3, 0.4) is 0 Å². The van der Waals surface area contributed by atoms with Gasteiger partial charge in [-0.15, -0.1) is 0 Å². The highest BCUT2D eigenvalue weighted by atomic mass is 79.9. The van der Waals surface area contributed by atoms with Gasteiger partial charge in [-0.25, -0.2) is 8.42 Å². The highest BCUT2D eigenvalue weighted by molar-refractivity contribution is 9.10. The Hall–Kier alpha value is -0.940. The fraction of sp³-hybridized carbons (Fsp3) is 0.500. The van der Waals surface area contributed by atoms with Crippen molar-refractivity contribution in [2.45, 2.75) is 17.7 Å². The lowest BCUT2D eigenvalue weighted by Crippen LogP contribution is -2.48. The quantitative estimate of drug-likeness (QED) is 0.743. The van der Waals surface area contributed by atoms with Crippen molar-refractivity contribution in [3.8, 4) is 6.07 Å². The normalized spacial score (nSPS) is 17.5. The lowest BCUT2D eigenvalue weighted by atomic mass is 10.3. The molecule has 114 valence electrons. The summed E-state index contributed by atoms with van der Waals surface area (Å²) in [5.41, 5.74) is 0. The molecule has 0 aromatic heterocycles. The molecule has 0 N–H and O–H groups in total. The van der Waals surface area contributed by atoms with Crippen LogP contribution in [0.4, 0.5) is 0 Å². The highest BCUT2D eigenvalue weighted by Gasteiger charge is 2.28. The molecule has 5 nitrogen and oxygen atoms in total. The average Bonchev–Trinajstić information content (AvgIpc) is 2.48. The smallest absolute Gasteiger partial charge is 0.243 e. The van der Waals surface area contributed by atoms with Crippen molar-refractivity contribution < 1.29 is 8.42 Å². The molecule has 1 aliphatic rings. The molecule has 0 unspecified atom stereocenters. The molecule has 0 atom stereocenters. The molecular formula is C14H18BrN3O2S. The fourth-order valence-electron chi connectivity index (χ4n) is 2.35. The maximum Gasteiger partial charge on any atom is 0.243 e. The molecule has 1 saturated heterocycles. The van der Waals surface area contributed by atoms with Crippen LogP contribution in [0.25, 0.3) is 0 Å². The van der Waals surface area contributed by atoms with Gasteiger partial charge in [0.15, 0.2) is 0 Å². The number of benzene rings is 1. The van der Waals surface area contributed by atoms with Crippen molar-refractivity contribution in [3.05, 3.63) is 28.7 Å². The lowest BCUT2D eigenvalue weighted by Gasteiger charge is -2.33. The number of hydrogen-bond acceptors (Lipinski definition) is 4.